The van der Waals surface area contributed by atoms with Crippen LogP contribution in [0, 0.1) is 0 Å². The van der Waals surface area contributed by atoms with Crippen molar-refractivity contribution in [3.8, 4) is 0 Å². The van der Waals surface area contributed by atoms with Gasteiger partial charge in [0.05, 0.1) is 0 Å². The molecule has 0 amide bonds. The van der Waals surface area contributed by atoms with E-state index in [-0.39, 0.29) is 0 Å². The van der Waals surface area contributed by atoms with E-state index in [1.807, 2.05) is 0 Å². The third-order valence-electron chi connectivity index (χ3n) is 3.75. The van der Waals surface area contributed by atoms with Crippen LogP contribution in [-0.4, -0.2) is 0 Å². The van der Waals surface area contributed by atoms with Crippen molar-refractivity contribution in [2.24, 2.45) is 0 Å². The summed E-state index contributed by atoms with van der Waals surface area (Å²) in [6, 6.07) is 0. The van der Waals surface area contributed by atoms with Gasteiger partial charge >= 0.3 is 0 Å². The molecule has 0 aromatic rings. The van der Waals surface area contributed by atoms with Gasteiger partial charge < -0.3 is 0 Å². The largest absolute Gasteiger partial charge is 0.0885 e. The summed E-state index contributed by atoms with van der Waals surface area (Å²) in [6.07, 6.45) is 31.0. The standard InChI is InChI=1S/C21H38/c1-3-5-7-9-11-13-15-17-19-21-20-18-16-14-12-10-8-6-4-2/h5,7,11,13,17,19H,3-4,6,8-10,12,14-16,18,20-21H2,1-2H3/b7-5+,13-11+,19-17+. The fourth-order valence-electron chi connectivity index (χ4n) is 2.40. The lowest BCUT2D eigenvalue weighted by Gasteiger charge is -2.00. The molecule has 0 heteroatoms. The van der Waals surface area contributed by atoms with Gasteiger partial charge in [0.2, 0.25) is 0 Å². The van der Waals surface area contributed by atoms with Gasteiger partial charge in [0.15, 0.2) is 0 Å². The van der Waals surface area contributed by atoms with Crippen LogP contribution in [0.25, 0.3) is 0 Å². The van der Waals surface area contributed by atoms with Crippen LogP contribution >= 0.6 is 0 Å². The highest BCUT2D eigenvalue weighted by Crippen LogP contribution is 2.10. The van der Waals surface area contributed by atoms with E-state index in [1.54, 1.807) is 0 Å². The first-order valence-electron chi connectivity index (χ1n) is 9.36. The van der Waals surface area contributed by atoms with Crippen molar-refractivity contribution >= 4 is 0 Å². The number of allylic oxidation sites excluding steroid dienone is 6. The average Bonchev–Trinajstić information content (AvgIpc) is 2.50. The molecular formula is C21H38. The van der Waals surface area contributed by atoms with E-state index < -0.39 is 0 Å². The lowest BCUT2D eigenvalue weighted by molar-refractivity contribution is 0.566. The summed E-state index contributed by atoms with van der Waals surface area (Å²) < 4.78 is 0. The first-order valence-corrected chi connectivity index (χ1v) is 9.36. The van der Waals surface area contributed by atoms with Crippen LogP contribution in [0.2, 0.25) is 0 Å². The van der Waals surface area contributed by atoms with E-state index in [9.17, 15) is 0 Å². The number of hydrogen-bond donors (Lipinski definition) is 0. The third-order valence-corrected chi connectivity index (χ3v) is 3.75. The number of hydrogen-bond acceptors (Lipinski definition) is 0. The summed E-state index contributed by atoms with van der Waals surface area (Å²) in [5.74, 6) is 0. The topological polar surface area (TPSA) is 0 Å². The monoisotopic (exact) mass is 290 g/mol. The number of unbranched alkanes of at least 4 members (excludes halogenated alkanes) is 9. The van der Waals surface area contributed by atoms with E-state index in [0.29, 0.717) is 0 Å². The zero-order valence-electron chi connectivity index (χ0n) is 14.7. The average molecular weight is 291 g/mol. The summed E-state index contributed by atoms with van der Waals surface area (Å²) in [6.45, 7) is 4.46. The molecule has 0 heterocycles. The van der Waals surface area contributed by atoms with Gasteiger partial charge in [-0.1, -0.05) is 102 Å². The second-order valence-electron chi connectivity index (χ2n) is 5.91. The lowest BCUT2D eigenvalue weighted by Crippen LogP contribution is -1.80. The van der Waals surface area contributed by atoms with Crippen LogP contribution in [0.15, 0.2) is 36.5 Å². The maximum Gasteiger partial charge on any atom is -0.0169 e. The summed E-state index contributed by atoms with van der Waals surface area (Å²) >= 11 is 0. The molecule has 0 saturated carbocycles. The maximum atomic E-state index is 2.35. The SMILES string of the molecule is CC/C=C/C/C=C/C/C=C/CCCCCCCCCCC. The summed E-state index contributed by atoms with van der Waals surface area (Å²) in [7, 11) is 0. The van der Waals surface area contributed by atoms with Crippen molar-refractivity contribution in [3.05, 3.63) is 36.5 Å². The molecule has 0 aliphatic rings. The molecule has 122 valence electrons. The molecule has 0 saturated heterocycles. The molecular weight excluding hydrogens is 252 g/mol. The van der Waals surface area contributed by atoms with Crippen LogP contribution in [0.3, 0.4) is 0 Å². The van der Waals surface area contributed by atoms with E-state index >= 15 is 0 Å². The fourth-order valence-corrected chi connectivity index (χ4v) is 2.40. The van der Waals surface area contributed by atoms with Crippen LogP contribution in [-0.2, 0) is 0 Å². The molecule has 0 bridgehead atoms. The minimum absolute atomic E-state index is 1.08. The van der Waals surface area contributed by atoms with Gasteiger partial charge in [-0.2, -0.15) is 0 Å². The van der Waals surface area contributed by atoms with Crippen molar-refractivity contribution in [2.45, 2.75) is 97.3 Å². The molecule has 0 aliphatic carbocycles. The maximum absolute atomic E-state index is 2.35. The Hall–Kier alpha value is -0.780. The molecule has 0 aliphatic heterocycles. The highest BCUT2D eigenvalue weighted by atomic mass is 14.0. The molecule has 0 spiro atoms. The fraction of sp³-hybridized carbons (Fsp3) is 0.714. The van der Waals surface area contributed by atoms with Gasteiger partial charge in [-0.3, -0.25) is 0 Å². The van der Waals surface area contributed by atoms with Crippen molar-refractivity contribution in [3.63, 3.8) is 0 Å². The van der Waals surface area contributed by atoms with Gasteiger partial charge in [0, 0.05) is 0 Å². The van der Waals surface area contributed by atoms with Crippen LogP contribution in [0.1, 0.15) is 97.3 Å². The summed E-state index contributed by atoms with van der Waals surface area (Å²) in [5, 5.41) is 0. The van der Waals surface area contributed by atoms with Gasteiger partial charge in [0.25, 0.3) is 0 Å². The van der Waals surface area contributed by atoms with Crippen molar-refractivity contribution in [1.82, 2.24) is 0 Å². The normalized spacial score (nSPS) is 12.3. The first-order chi connectivity index (χ1) is 10.4. The van der Waals surface area contributed by atoms with Gasteiger partial charge in [-0.15, -0.1) is 0 Å². The third kappa shape index (κ3) is 19.2. The van der Waals surface area contributed by atoms with Crippen LogP contribution < -0.4 is 0 Å². The summed E-state index contributed by atoms with van der Waals surface area (Å²) in [4.78, 5) is 0. The van der Waals surface area contributed by atoms with E-state index in [4.69, 9.17) is 0 Å². The molecule has 0 rings (SSSR count). The number of rotatable bonds is 15. The van der Waals surface area contributed by atoms with Gasteiger partial charge in [-0.05, 0) is 32.1 Å². The van der Waals surface area contributed by atoms with Crippen LogP contribution in [0.4, 0.5) is 0 Å². The minimum atomic E-state index is 1.08. The Morgan fingerprint density at radius 1 is 0.476 bits per heavy atom. The molecule has 0 fully saturated rings. The highest BCUT2D eigenvalue weighted by molar-refractivity contribution is 4.96. The highest BCUT2D eigenvalue weighted by Gasteiger charge is 1.90. The zero-order valence-corrected chi connectivity index (χ0v) is 14.7. The van der Waals surface area contributed by atoms with Crippen molar-refractivity contribution < 1.29 is 0 Å². The Labute approximate surface area is 134 Å². The Balaban J connectivity index is 3.16. The molecule has 0 N–H and O–H groups in total. The van der Waals surface area contributed by atoms with E-state index in [0.717, 1.165) is 19.3 Å². The predicted molar refractivity (Wildman–Crippen MR) is 98.8 cm³/mol. The molecule has 21 heavy (non-hydrogen) atoms. The second kappa shape index (κ2) is 19.2. The smallest absolute Gasteiger partial charge is 0.0169 e. The Kier molecular flexibility index (Phi) is 18.5. The van der Waals surface area contributed by atoms with Gasteiger partial charge in [0.1, 0.15) is 0 Å². The quantitative estimate of drug-likeness (QED) is 0.213. The predicted octanol–water partition coefficient (Wildman–Crippen LogP) is 7.77. The Bertz CT molecular complexity index is 257. The Morgan fingerprint density at radius 2 is 0.952 bits per heavy atom. The van der Waals surface area contributed by atoms with E-state index in [1.165, 1.54) is 64.2 Å². The molecule has 0 atom stereocenters. The first kappa shape index (κ1) is 20.2. The minimum Gasteiger partial charge on any atom is -0.0885 e. The lowest BCUT2D eigenvalue weighted by atomic mass is 10.1. The molecule has 0 aromatic heterocycles. The molecule has 0 unspecified atom stereocenters. The van der Waals surface area contributed by atoms with Gasteiger partial charge in [-0.25, -0.2) is 0 Å². The van der Waals surface area contributed by atoms with Crippen molar-refractivity contribution in [2.75, 3.05) is 0 Å². The Morgan fingerprint density at radius 3 is 1.52 bits per heavy atom. The van der Waals surface area contributed by atoms with Crippen molar-refractivity contribution in [1.29, 1.82) is 0 Å². The molecule has 0 nitrogen and oxygen atoms in total. The summed E-state index contributed by atoms with van der Waals surface area (Å²) in [5.41, 5.74) is 0. The van der Waals surface area contributed by atoms with Crippen LogP contribution in [0.5, 0.6) is 0 Å². The second-order valence-corrected chi connectivity index (χ2v) is 5.91. The zero-order chi connectivity index (χ0) is 15.4. The molecule has 0 radical (unpaired) electrons. The van der Waals surface area contributed by atoms with E-state index in [2.05, 4.69) is 50.3 Å². The molecule has 0 aromatic carbocycles.